The molecule has 0 aromatic heterocycles. The van der Waals surface area contributed by atoms with E-state index < -0.39 is 5.97 Å². The normalized spacial score (nSPS) is 10.9. The molecule has 2 amide bonds. The Morgan fingerprint density at radius 1 is 1.42 bits per heavy atom. The van der Waals surface area contributed by atoms with Crippen LogP contribution in [0.5, 0.6) is 0 Å². The van der Waals surface area contributed by atoms with Gasteiger partial charge in [-0.3, -0.25) is 0 Å². The average Bonchev–Trinajstić information content (AvgIpc) is 2.33. The number of carbonyl (C=O) groups is 2. The van der Waals surface area contributed by atoms with E-state index in [0.717, 1.165) is 29.3 Å². The Kier molecular flexibility index (Phi) is 8.14. The molecule has 0 unspecified atom stereocenters. The van der Waals surface area contributed by atoms with Crippen molar-refractivity contribution in [3.8, 4) is 0 Å². The Labute approximate surface area is 118 Å². The van der Waals surface area contributed by atoms with Crippen LogP contribution in [0.1, 0.15) is 27.2 Å². The van der Waals surface area contributed by atoms with Gasteiger partial charge in [0.05, 0.1) is 6.54 Å². The van der Waals surface area contributed by atoms with Gasteiger partial charge in [-0.15, -0.1) is 0 Å². The maximum atomic E-state index is 12.1. The van der Waals surface area contributed by atoms with Gasteiger partial charge in [-0.05, 0) is 27.2 Å². The summed E-state index contributed by atoms with van der Waals surface area (Å²) in [6.07, 6.45) is 2.14. The molecule has 0 heterocycles. The van der Waals surface area contributed by atoms with Crippen molar-refractivity contribution in [2.75, 3.05) is 19.7 Å². The molecule has 110 valence electrons. The zero-order valence-corrected chi connectivity index (χ0v) is 14.5. The van der Waals surface area contributed by atoms with Gasteiger partial charge in [-0.1, -0.05) is 12.6 Å². The van der Waals surface area contributed by atoms with Crippen LogP contribution in [-0.4, -0.2) is 52.4 Å². The van der Waals surface area contributed by atoms with Crippen molar-refractivity contribution < 1.29 is 14.3 Å². The van der Waals surface area contributed by atoms with Crippen LogP contribution in [0.25, 0.3) is 0 Å². The van der Waals surface area contributed by atoms with Crippen LogP contribution in [-0.2, 0) is 9.53 Å². The quantitative estimate of drug-likeness (QED) is 0.324. The van der Waals surface area contributed by atoms with Crippen molar-refractivity contribution >= 4 is 22.2 Å². The van der Waals surface area contributed by atoms with E-state index in [4.69, 9.17) is 4.74 Å². The highest BCUT2D eigenvalue weighted by molar-refractivity contribution is 6.08. The molecule has 1 N–H and O–H groups in total. The number of hydrogen-bond acceptors (Lipinski definition) is 3. The molecule has 0 atom stereocenters. The minimum absolute atomic E-state index is 0.114. The molecule has 0 fully saturated rings. The molecule has 0 aliphatic carbocycles. The largest absolute Gasteiger partial charge is 0.461 e. The zero-order chi connectivity index (χ0) is 14.9. The molecule has 0 saturated carbocycles. The van der Waals surface area contributed by atoms with Crippen LogP contribution in [0.2, 0.25) is 6.04 Å². The van der Waals surface area contributed by atoms with Crippen molar-refractivity contribution in [1.82, 2.24) is 10.2 Å². The van der Waals surface area contributed by atoms with Crippen molar-refractivity contribution in [3.63, 3.8) is 0 Å². The Hall–Kier alpha value is -1.30. The first-order valence-electron chi connectivity index (χ1n) is 6.67. The molecule has 0 spiro atoms. The standard InChI is InChI=1S/C13H26N2O3Si/c1-5-11(16)18-9-7-14-12(17)15(8-6-10-19)13(2,3)4/h5H,1,6-10H2,2-4,19H3,(H,14,17). The summed E-state index contributed by atoms with van der Waals surface area (Å²) in [5, 5.41) is 2.76. The fourth-order valence-corrected chi connectivity index (χ4v) is 1.84. The molecule has 19 heavy (non-hydrogen) atoms. The first kappa shape index (κ1) is 17.7. The van der Waals surface area contributed by atoms with Crippen LogP contribution in [0, 0.1) is 0 Å². The molecule has 0 aromatic rings. The van der Waals surface area contributed by atoms with Crippen LogP contribution in [0.3, 0.4) is 0 Å². The summed E-state index contributed by atoms with van der Waals surface area (Å²) in [4.78, 5) is 24.7. The van der Waals surface area contributed by atoms with E-state index in [9.17, 15) is 9.59 Å². The van der Waals surface area contributed by atoms with Crippen molar-refractivity contribution in [2.24, 2.45) is 0 Å². The lowest BCUT2D eigenvalue weighted by Crippen LogP contribution is -2.51. The van der Waals surface area contributed by atoms with Gasteiger partial charge in [0.15, 0.2) is 0 Å². The molecule has 0 rings (SSSR count). The van der Waals surface area contributed by atoms with Crippen molar-refractivity contribution in [2.45, 2.75) is 38.8 Å². The van der Waals surface area contributed by atoms with Crippen LogP contribution < -0.4 is 5.32 Å². The number of carbonyl (C=O) groups excluding carboxylic acids is 2. The topological polar surface area (TPSA) is 58.6 Å². The molecular weight excluding hydrogens is 260 g/mol. The van der Waals surface area contributed by atoms with Gasteiger partial charge in [0.2, 0.25) is 0 Å². The van der Waals surface area contributed by atoms with Crippen molar-refractivity contribution in [3.05, 3.63) is 12.7 Å². The van der Waals surface area contributed by atoms with Gasteiger partial charge in [0.1, 0.15) is 6.61 Å². The van der Waals surface area contributed by atoms with E-state index in [1.54, 1.807) is 0 Å². The highest BCUT2D eigenvalue weighted by atomic mass is 28.1. The summed E-state index contributed by atoms with van der Waals surface area (Å²) in [6, 6.07) is 1.06. The third kappa shape index (κ3) is 7.66. The van der Waals surface area contributed by atoms with Crippen molar-refractivity contribution in [1.29, 1.82) is 0 Å². The van der Waals surface area contributed by atoms with Gasteiger partial charge in [-0.25, -0.2) is 9.59 Å². The molecule has 6 heteroatoms. The minimum Gasteiger partial charge on any atom is -0.461 e. The summed E-state index contributed by atoms with van der Waals surface area (Å²) < 4.78 is 4.80. The lowest BCUT2D eigenvalue weighted by Gasteiger charge is -2.35. The number of hydrogen-bond donors (Lipinski definition) is 1. The monoisotopic (exact) mass is 286 g/mol. The number of nitrogens with one attached hydrogen (secondary N) is 1. The molecule has 5 nitrogen and oxygen atoms in total. The van der Waals surface area contributed by atoms with E-state index in [0.29, 0.717) is 6.54 Å². The number of esters is 1. The lowest BCUT2D eigenvalue weighted by molar-refractivity contribution is -0.137. The average molecular weight is 286 g/mol. The second-order valence-corrected chi connectivity index (χ2v) is 6.28. The van der Waals surface area contributed by atoms with Gasteiger partial charge >= 0.3 is 12.0 Å². The molecular formula is C13H26N2O3Si. The smallest absolute Gasteiger partial charge is 0.330 e. The van der Waals surface area contributed by atoms with Gasteiger partial charge in [0, 0.05) is 28.4 Å². The molecule has 0 bridgehead atoms. The van der Waals surface area contributed by atoms with Crippen LogP contribution in [0.15, 0.2) is 12.7 Å². The Bertz CT molecular complexity index is 314. The second-order valence-electron chi connectivity index (χ2n) is 5.28. The summed E-state index contributed by atoms with van der Waals surface area (Å²) in [5.74, 6) is -0.474. The number of ether oxygens (including phenoxy) is 1. The maximum absolute atomic E-state index is 12.1. The van der Waals surface area contributed by atoms with Gasteiger partial charge in [-0.2, -0.15) is 0 Å². The summed E-state index contributed by atoms with van der Waals surface area (Å²) in [6.45, 7) is 10.6. The van der Waals surface area contributed by atoms with Gasteiger partial charge < -0.3 is 15.0 Å². The number of nitrogens with zero attached hydrogens (tertiary/aromatic N) is 1. The first-order valence-corrected chi connectivity index (χ1v) is 8.09. The molecule has 0 aromatic carbocycles. The molecule has 0 saturated heterocycles. The van der Waals surface area contributed by atoms with E-state index in [-0.39, 0.29) is 18.2 Å². The van der Waals surface area contributed by atoms with E-state index in [2.05, 4.69) is 11.9 Å². The first-order chi connectivity index (χ1) is 8.82. The maximum Gasteiger partial charge on any atom is 0.330 e. The summed E-state index contributed by atoms with van der Waals surface area (Å²) in [7, 11) is 1.15. The number of urea groups is 1. The highest BCUT2D eigenvalue weighted by Gasteiger charge is 2.25. The Morgan fingerprint density at radius 2 is 2.05 bits per heavy atom. The molecule has 0 radical (unpaired) electrons. The molecule has 0 aliphatic heterocycles. The predicted molar refractivity (Wildman–Crippen MR) is 80.4 cm³/mol. The number of rotatable bonds is 7. The Balaban J connectivity index is 4.18. The fraction of sp³-hybridized carbons (Fsp3) is 0.692. The van der Waals surface area contributed by atoms with Crippen LogP contribution >= 0.6 is 0 Å². The second kappa shape index (κ2) is 8.74. The summed E-state index contributed by atoms with van der Waals surface area (Å²) in [5.41, 5.74) is -0.210. The zero-order valence-electron chi connectivity index (χ0n) is 12.5. The van der Waals surface area contributed by atoms with E-state index in [1.165, 1.54) is 6.04 Å². The number of amides is 2. The molecule has 0 aliphatic rings. The van der Waals surface area contributed by atoms with E-state index in [1.807, 2.05) is 25.7 Å². The Morgan fingerprint density at radius 3 is 2.53 bits per heavy atom. The highest BCUT2D eigenvalue weighted by Crippen LogP contribution is 2.14. The predicted octanol–water partition coefficient (Wildman–Crippen LogP) is 0.699. The minimum atomic E-state index is -0.474. The third-order valence-electron chi connectivity index (χ3n) is 2.58. The fourth-order valence-electron chi connectivity index (χ4n) is 1.52. The van der Waals surface area contributed by atoms with E-state index >= 15 is 0 Å². The summed E-state index contributed by atoms with van der Waals surface area (Å²) >= 11 is 0. The van der Waals surface area contributed by atoms with Gasteiger partial charge in [0.25, 0.3) is 0 Å². The SMILES string of the molecule is C=CC(=O)OCCNC(=O)N(CCC[SiH3])C(C)(C)C. The third-order valence-corrected chi connectivity index (χ3v) is 3.29. The lowest BCUT2D eigenvalue weighted by atomic mass is 10.1. The van der Waals surface area contributed by atoms with Crippen LogP contribution in [0.4, 0.5) is 4.79 Å².